The SMILES string of the molecule is CCOC(=O)c1nc(-c2cccc(C#CC3(O)CCN(C)C3=O)c2)nc(OC2COC2)c1N. The number of rotatable bonds is 5. The molecule has 2 aliphatic heterocycles. The number of hydrogen-bond donors (Lipinski definition) is 2. The summed E-state index contributed by atoms with van der Waals surface area (Å²) in [5, 5.41) is 10.5. The van der Waals surface area contributed by atoms with Crippen molar-refractivity contribution in [3.8, 4) is 29.1 Å². The van der Waals surface area contributed by atoms with Gasteiger partial charge in [0.25, 0.3) is 5.91 Å². The molecule has 33 heavy (non-hydrogen) atoms. The molecule has 3 heterocycles. The van der Waals surface area contributed by atoms with Crippen LogP contribution in [-0.2, 0) is 14.3 Å². The van der Waals surface area contributed by atoms with Crippen molar-refractivity contribution < 1.29 is 28.9 Å². The third kappa shape index (κ3) is 4.60. The largest absolute Gasteiger partial charge is 0.468 e. The van der Waals surface area contributed by atoms with E-state index in [1.54, 1.807) is 38.2 Å². The maximum absolute atomic E-state index is 12.4. The molecule has 0 bridgehead atoms. The second-order valence-corrected chi connectivity index (χ2v) is 7.78. The van der Waals surface area contributed by atoms with Crippen LogP contribution in [0.15, 0.2) is 24.3 Å². The monoisotopic (exact) mass is 452 g/mol. The van der Waals surface area contributed by atoms with E-state index in [2.05, 4.69) is 21.8 Å². The molecule has 2 saturated heterocycles. The molecular formula is C23H24N4O6. The van der Waals surface area contributed by atoms with Gasteiger partial charge in [-0.3, -0.25) is 4.79 Å². The lowest BCUT2D eigenvalue weighted by molar-refractivity contribution is -0.137. The Hall–Kier alpha value is -3.68. The molecule has 172 valence electrons. The van der Waals surface area contributed by atoms with Gasteiger partial charge in [-0.1, -0.05) is 24.0 Å². The van der Waals surface area contributed by atoms with Crippen LogP contribution in [0, 0.1) is 11.8 Å². The Morgan fingerprint density at radius 1 is 1.39 bits per heavy atom. The zero-order chi connectivity index (χ0) is 23.6. The van der Waals surface area contributed by atoms with Gasteiger partial charge in [0.15, 0.2) is 11.5 Å². The highest BCUT2D eigenvalue weighted by Gasteiger charge is 2.42. The normalized spacial score (nSPS) is 20.1. The number of nitrogens with two attached hydrogens (primary N) is 1. The van der Waals surface area contributed by atoms with Crippen LogP contribution in [0.1, 0.15) is 29.4 Å². The number of hydrogen-bond acceptors (Lipinski definition) is 9. The number of likely N-dealkylation sites (N-methyl/N-ethyl adjacent to an activating group) is 1. The van der Waals surface area contributed by atoms with Crippen molar-refractivity contribution in [3.63, 3.8) is 0 Å². The Morgan fingerprint density at radius 2 is 2.18 bits per heavy atom. The van der Waals surface area contributed by atoms with Gasteiger partial charge in [-0.2, -0.15) is 4.98 Å². The summed E-state index contributed by atoms with van der Waals surface area (Å²) < 4.78 is 16.0. The number of carbonyl (C=O) groups is 2. The first-order valence-electron chi connectivity index (χ1n) is 10.5. The van der Waals surface area contributed by atoms with Gasteiger partial charge in [0.05, 0.1) is 19.8 Å². The van der Waals surface area contributed by atoms with Crippen LogP contribution >= 0.6 is 0 Å². The van der Waals surface area contributed by atoms with Crippen molar-refractivity contribution in [2.24, 2.45) is 0 Å². The van der Waals surface area contributed by atoms with Gasteiger partial charge in [0.2, 0.25) is 11.5 Å². The molecule has 10 heteroatoms. The number of nitrogens with zero attached hydrogens (tertiary/aromatic N) is 3. The highest BCUT2D eigenvalue weighted by Crippen LogP contribution is 2.29. The highest BCUT2D eigenvalue weighted by molar-refractivity contribution is 5.94. The molecule has 2 aliphatic rings. The summed E-state index contributed by atoms with van der Waals surface area (Å²) in [5.74, 6) is 4.70. The first-order chi connectivity index (χ1) is 15.8. The van der Waals surface area contributed by atoms with Gasteiger partial charge in [-0.25, -0.2) is 9.78 Å². The number of aromatic nitrogens is 2. The van der Waals surface area contributed by atoms with Gasteiger partial charge in [-0.15, -0.1) is 0 Å². The lowest BCUT2D eigenvalue weighted by Crippen LogP contribution is -2.39. The average molecular weight is 452 g/mol. The van der Waals surface area contributed by atoms with Crippen LogP contribution < -0.4 is 10.5 Å². The van der Waals surface area contributed by atoms with Crippen LogP contribution in [0.25, 0.3) is 11.4 Å². The standard InChI is InChI=1S/C23H24N4O6/c1-3-32-21(28)18-17(24)20(33-16-12-31-13-16)26-19(25-18)15-6-4-5-14(11-15)7-8-23(30)9-10-27(2)22(23)29/h4-6,11,16,30H,3,9-10,12-13,24H2,1-2H3. The fraction of sp³-hybridized carbons (Fsp3) is 0.391. The van der Waals surface area contributed by atoms with E-state index in [4.69, 9.17) is 19.9 Å². The summed E-state index contributed by atoms with van der Waals surface area (Å²) in [6.45, 7) is 3.08. The Balaban J connectivity index is 1.69. The van der Waals surface area contributed by atoms with E-state index in [9.17, 15) is 14.7 Å². The first-order valence-corrected chi connectivity index (χ1v) is 10.5. The van der Waals surface area contributed by atoms with Crippen molar-refractivity contribution in [2.45, 2.75) is 25.0 Å². The van der Waals surface area contributed by atoms with Crippen LogP contribution in [0.2, 0.25) is 0 Å². The molecule has 0 spiro atoms. The van der Waals surface area contributed by atoms with Crippen molar-refractivity contribution >= 4 is 17.6 Å². The second-order valence-electron chi connectivity index (χ2n) is 7.78. The Kier molecular flexibility index (Phi) is 6.18. The maximum atomic E-state index is 12.4. The third-order valence-corrected chi connectivity index (χ3v) is 5.31. The lowest BCUT2D eigenvalue weighted by atomic mass is 10.0. The first kappa shape index (κ1) is 22.5. The molecule has 3 N–H and O–H groups in total. The minimum absolute atomic E-state index is 0.00821. The molecule has 1 amide bonds. The Bertz CT molecular complexity index is 1150. The molecule has 0 saturated carbocycles. The zero-order valence-electron chi connectivity index (χ0n) is 18.3. The van der Waals surface area contributed by atoms with Gasteiger partial charge in [-0.05, 0) is 19.1 Å². The molecular weight excluding hydrogens is 428 g/mol. The predicted octanol–water partition coefficient (Wildman–Crippen LogP) is 0.625. The lowest BCUT2D eigenvalue weighted by Gasteiger charge is -2.27. The van der Waals surface area contributed by atoms with Gasteiger partial charge < -0.3 is 30.0 Å². The van der Waals surface area contributed by atoms with E-state index in [1.165, 1.54) is 4.90 Å². The second kappa shape index (κ2) is 9.05. The number of benzene rings is 1. The molecule has 1 atom stereocenters. The van der Waals surface area contributed by atoms with E-state index in [0.717, 1.165) is 0 Å². The summed E-state index contributed by atoms with van der Waals surface area (Å²) in [5.41, 5.74) is 5.37. The van der Waals surface area contributed by atoms with E-state index >= 15 is 0 Å². The third-order valence-electron chi connectivity index (χ3n) is 5.31. The topological polar surface area (TPSA) is 137 Å². The molecule has 0 aliphatic carbocycles. The molecule has 2 fully saturated rings. The Morgan fingerprint density at radius 3 is 2.82 bits per heavy atom. The fourth-order valence-electron chi connectivity index (χ4n) is 3.34. The molecule has 1 aromatic carbocycles. The van der Waals surface area contributed by atoms with Gasteiger partial charge >= 0.3 is 5.97 Å². The number of anilines is 1. The molecule has 1 unspecified atom stereocenters. The molecule has 0 radical (unpaired) electrons. The summed E-state index contributed by atoms with van der Waals surface area (Å²) in [4.78, 5) is 34.7. The minimum Gasteiger partial charge on any atom is -0.468 e. The quantitative estimate of drug-likeness (QED) is 0.494. The van der Waals surface area contributed by atoms with Crippen molar-refractivity contribution in [2.75, 3.05) is 39.1 Å². The smallest absolute Gasteiger partial charge is 0.359 e. The number of likely N-dealkylation sites (tertiary alicyclic amines) is 1. The number of esters is 1. The number of carbonyl (C=O) groups excluding carboxylic acids is 2. The number of nitrogen functional groups attached to an aromatic ring is 1. The van der Waals surface area contributed by atoms with Crippen molar-refractivity contribution in [1.82, 2.24) is 14.9 Å². The molecule has 10 nitrogen and oxygen atoms in total. The van der Waals surface area contributed by atoms with Crippen molar-refractivity contribution in [1.29, 1.82) is 0 Å². The zero-order valence-corrected chi connectivity index (χ0v) is 18.3. The predicted molar refractivity (Wildman–Crippen MR) is 117 cm³/mol. The number of ether oxygens (including phenoxy) is 3. The summed E-state index contributed by atoms with van der Waals surface area (Å²) in [6, 6.07) is 6.90. The van der Waals surface area contributed by atoms with E-state index < -0.39 is 17.5 Å². The van der Waals surface area contributed by atoms with Crippen LogP contribution in [0.3, 0.4) is 0 Å². The summed E-state index contributed by atoms with van der Waals surface area (Å²) >= 11 is 0. The molecule has 4 rings (SSSR count). The summed E-state index contributed by atoms with van der Waals surface area (Å²) in [6.07, 6.45) is 0.0232. The van der Waals surface area contributed by atoms with Gasteiger partial charge in [0, 0.05) is 31.1 Å². The number of amides is 1. The molecule has 2 aromatic rings. The van der Waals surface area contributed by atoms with Crippen LogP contribution in [0.5, 0.6) is 5.88 Å². The van der Waals surface area contributed by atoms with E-state index in [-0.39, 0.29) is 42.2 Å². The minimum atomic E-state index is -1.70. The van der Waals surface area contributed by atoms with Crippen LogP contribution in [0.4, 0.5) is 5.69 Å². The fourth-order valence-corrected chi connectivity index (χ4v) is 3.34. The van der Waals surface area contributed by atoms with Crippen molar-refractivity contribution in [3.05, 3.63) is 35.5 Å². The summed E-state index contributed by atoms with van der Waals surface area (Å²) in [7, 11) is 1.62. The Labute approximate surface area is 190 Å². The van der Waals surface area contributed by atoms with E-state index in [1.807, 2.05) is 0 Å². The average Bonchev–Trinajstić information content (AvgIpc) is 3.04. The number of aliphatic hydroxyl groups is 1. The van der Waals surface area contributed by atoms with Crippen LogP contribution in [-0.4, -0.2) is 77.0 Å². The molecule has 1 aromatic heterocycles. The van der Waals surface area contributed by atoms with Gasteiger partial charge in [0.1, 0.15) is 11.8 Å². The highest BCUT2D eigenvalue weighted by atomic mass is 16.6. The van der Waals surface area contributed by atoms with E-state index in [0.29, 0.717) is 30.9 Å². The maximum Gasteiger partial charge on any atom is 0.359 e.